The molecule has 3 saturated heterocycles. The molecule has 2 aromatic heterocycles. The number of likely N-dealkylation sites (tertiary alicyclic amines) is 1. The van der Waals surface area contributed by atoms with Gasteiger partial charge >= 0.3 is 6.01 Å². The van der Waals surface area contributed by atoms with Crippen LogP contribution >= 0.6 is 22.9 Å². The molecule has 3 aliphatic heterocycles. The van der Waals surface area contributed by atoms with Gasteiger partial charge in [-0.2, -0.15) is 15.2 Å². The molecule has 3 aliphatic rings. The number of hydrogen-bond acceptors (Lipinski definition) is 9. The second-order valence-corrected chi connectivity index (χ2v) is 14.4. The number of rotatable bonds is 7. The number of halogens is 4. The van der Waals surface area contributed by atoms with Crippen LogP contribution in [-0.2, 0) is 4.79 Å². The van der Waals surface area contributed by atoms with Crippen molar-refractivity contribution in [2.45, 2.75) is 70.2 Å². The van der Waals surface area contributed by atoms with E-state index in [1.807, 2.05) is 24.8 Å². The van der Waals surface area contributed by atoms with Gasteiger partial charge in [0.1, 0.15) is 41.0 Å². The normalized spacial score (nSPS) is 24.0. The van der Waals surface area contributed by atoms with Gasteiger partial charge in [-0.05, 0) is 57.4 Å². The summed E-state index contributed by atoms with van der Waals surface area (Å²) in [5, 5.41) is 10.5. The van der Waals surface area contributed by atoms with Gasteiger partial charge in [-0.3, -0.25) is 9.69 Å². The molecule has 0 bridgehead atoms. The summed E-state index contributed by atoms with van der Waals surface area (Å²) < 4.78 is 52.9. The number of carbonyl (C=O) groups is 1. The second kappa shape index (κ2) is 12.2. The van der Waals surface area contributed by atoms with Gasteiger partial charge in [0.25, 0.3) is 0 Å². The summed E-state index contributed by atoms with van der Waals surface area (Å²) in [5.74, 6) is -1.02. The highest BCUT2D eigenvalue weighted by molar-refractivity contribution is 7.23. The van der Waals surface area contributed by atoms with Gasteiger partial charge in [0.05, 0.1) is 26.9 Å². The second-order valence-electron chi connectivity index (χ2n) is 13.0. The zero-order valence-corrected chi connectivity index (χ0v) is 28.4. The number of nitrogen functional groups attached to an aromatic ring is 1. The summed E-state index contributed by atoms with van der Waals surface area (Å²) in [6.45, 7) is 7.80. The summed E-state index contributed by atoms with van der Waals surface area (Å²) in [7, 11) is 0. The molecule has 1 amide bonds. The fourth-order valence-electron chi connectivity index (χ4n) is 8.17. The zero-order chi connectivity index (χ0) is 34.1. The summed E-state index contributed by atoms with van der Waals surface area (Å²) in [6, 6.07) is 5.83. The fourth-order valence-corrected chi connectivity index (χ4v) is 9.42. The third kappa shape index (κ3) is 5.11. The van der Waals surface area contributed by atoms with E-state index in [-0.39, 0.29) is 72.9 Å². The minimum absolute atomic E-state index is 0.0152. The van der Waals surface area contributed by atoms with E-state index >= 15 is 4.39 Å². The Labute approximate surface area is 285 Å². The van der Waals surface area contributed by atoms with Crippen molar-refractivity contribution < 1.29 is 22.7 Å². The lowest BCUT2D eigenvalue weighted by atomic mass is 9.95. The summed E-state index contributed by atoms with van der Waals surface area (Å²) in [5.41, 5.74) is 5.70. The average Bonchev–Trinajstić information content (AvgIpc) is 3.79. The molecule has 14 heteroatoms. The van der Waals surface area contributed by atoms with Crippen molar-refractivity contribution in [2.75, 3.05) is 43.4 Å². The SMILES string of the molecule is CCN(c1nc(OCC23CCCN2CC(F)C3)nc2c(F)c(-c3ccc(F)c4sc(N)c(C#N)c34)c(Cl)cc12)C1CCN(C(C)=O)C1C. The van der Waals surface area contributed by atoms with E-state index in [1.165, 1.54) is 12.1 Å². The Bertz CT molecular complexity index is 2000. The number of alkyl halides is 1. The molecule has 4 atom stereocenters. The number of likely N-dealkylation sites (N-methyl/N-ethyl adjacent to an activating group) is 1. The number of ether oxygens (including phenoxy) is 1. The number of nitriles is 1. The van der Waals surface area contributed by atoms with Crippen molar-refractivity contribution in [2.24, 2.45) is 0 Å². The largest absolute Gasteiger partial charge is 0.461 e. The highest BCUT2D eigenvalue weighted by Gasteiger charge is 2.49. The molecule has 5 heterocycles. The van der Waals surface area contributed by atoms with Crippen LogP contribution in [0.3, 0.4) is 0 Å². The Morgan fingerprint density at radius 2 is 2.10 bits per heavy atom. The van der Waals surface area contributed by atoms with Crippen LogP contribution in [0, 0.1) is 23.0 Å². The number of nitrogens with two attached hydrogens (primary N) is 1. The third-order valence-electron chi connectivity index (χ3n) is 10.4. The van der Waals surface area contributed by atoms with E-state index in [0.29, 0.717) is 43.7 Å². The summed E-state index contributed by atoms with van der Waals surface area (Å²) in [6.07, 6.45) is 1.76. The van der Waals surface area contributed by atoms with Crippen molar-refractivity contribution in [3.63, 3.8) is 0 Å². The smallest absolute Gasteiger partial charge is 0.319 e. The van der Waals surface area contributed by atoms with Gasteiger partial charge in [0.15, 0.2) is 5.82 Å². The van der Waals surface area contributed by atoms with Crippen molar-refractivity contribution in [1.29, 1.82) is 5.26 Å². The lowest BCUT2D eigenvalue weighted by Gasteiger charge is -2.34. The van der Waals surface area contributed by atoms with Crippen molar-refractivity contribution in [3.05, 3.63) is 40.4 Å². The van der Waals surface area contributed by atoms with Gasteiger partial charge in [-0.25, -0.2) is 13.2 Å². The maximum absolute atomic E-state index is 17.1. The maximum atomic E-state index is 17.1. The van der Waals surface area contributed by atoms with E-state index in [9.17, 15) is 18.8 Å². The molecule has 9 nitrogen and oxygen atoms in total. The molecule has 0 radical (unpaired) electrons. The summed E-state index contributed by atoms with van der Waals surface area (Å²) in [4.78, 5) is 27.7. The van der Waals surface area contributed by atoms with Crippen molar-refractivity contribution >= 4 is 60.7 Å². The van der Waals surface area contributed by atoms with Gasteiger partial charge in [0.2, 0.25) is 5.91 Å². The van der Waals surface area contributed by atoms with E-state index in [2.05, 4.69) is 9.88 Å². The molecule has 4 unspecified atom stereocenters. The number of carbonyl (C=O) groups excluding carboxylic acids is 1. The number of fused-ring (bicyclic) bond motifs is 3. The first-order chi connectivity index (χ1) is 23.0. The van der Waals surface area contributed by atoms with Gasteiger partial charge in [-0.1, -0.05) is 17.7 Å². The Kier molecular flexibility index (Phi) is 8.33. The van der Waals surface area contributed by atoms with Crippen LogP contribution in [0.25, 0.3) is 32.1 Å². The van der Waals surface area contributed by atoms with Gasteiger partial charge in [0, 0.05) is 55.4 Å². The van der Waals surface area contributed by atoms with E-state index < -0.39 is 23.3 Å². The maximum Gasteiger partial charge on any atom is 0.319 e. The predicted octanol–water partition coefficient (Wildman–Crippen LogP) is 6.69. The Morgan fingerprint density at radius 1 is 1.31 bits per heavy atom. The first-order valence-corrected chi connectivity index (χ1v) is 17.3. The number of hydrogen-bond donors (Lipinski definition) is 1. The molecular formula is C34H35ClF3N7O2S. The van der Waals surface area contributed by atoms with E-state index in [0.717, 1.165) is 30.7 Å². The molecule has 0 aliphatic carbocycles. The first-order valence-electron chi connectivity index (χ1n) is 16.1. The fraction of sp³-hybridized carbons (Fsp3) is 0.471. The van der Waals surface area contributed by atoms with Crippen LogP contribution in [0.2, 0.25) is 5.02 Å². The monoisotopic (exact) mass is 697 g/mol. The number of nitrogens with zero attached hydrogens (tertiary/aromatic N) is 6. The Hall–Kier alpha value is -3.86. The van der Waals surface area contributed by atoms with Crippen LogP contribution in [0.15, 0.2) is 18.2 Å². The van der Waals surface area contributed by atoms with Gasteiger partial charge in [-0.15, -0.1) is 11.3 Å². The highest BCUT2D eigenvalue weighted by atomic mass is 35.5. The molecule has 2 aromatic carbocycles. The number of benzene rings is 2. The van der Waals surface area contributed by atoms with Gasteiger partial charge < -0.3 is 20.3 Å². The predicted molar refractivity (Wildman–Crippen MR) is 181 cm³/mol. The van der Waals surface area contributed by atoms with Crippen LogP contribution in [-0.4, -0.2) is 82.3 Å². The molecule has 3 fully saturated rings. The lowest BCUT2D eigenvalue weighted by Crippen LogP contribution is -2.45. The molecular weight excluding hydrogens is 663 g/mol. The molecule has 0 saturated carbocycles. The lowest BCUT2D eigenvalue weighted by molar-refractivity contribution is -0.129. The van der Waals surface area contributed by atoms with Crippen LogP contribution in [0.4, 0.5) is 24.0 Å². The molecule has 252 valence electrons. The molecule has 7 rings (SSSR count). The Morgan fingerprint density at radius 3 is 2.81 bits per heavy atom. The van der Waals surface area contributed by atoms with Crippen LogP contribution in [0.5, 0.6) is 6.01 Å². The average molecular weight is 698 g/mol. The summed E-state index contributed by atoms with van der Waals surface area (Å²) >= 11 is 7.79. The molecule has 48 heavy (non-hydrogen) atoms. The van der Waals surface area contributed by atoms with Crippen LogP contribution < -0.4 is 15.4 Å². The molecule has 0 spiro atoms. The number of aromatic nitrogens is 2. The molecule has 4 aromatic rings. The van der Waals surface area contributed by atoms with Crippen molar-refractivity contribution in [1.82, 2.24) is 19.8 Å². The number of amides is 1. The minimum Gasteiger partial charge on any atom is -0.461 e. The quantitative estimate of drug-likeness (QED) is 0.228. The van der Waals surface area contributed by atoms with Crippen molar-refractivity contribution in [3.8, 4) is 23.2 Å². The number of anilines is 2. The highest BCUT2D eigenvalue weighted by Crippen LogP contribution is 2.46. The third-order valence-corrected chi connectivity index (χ3v) is 11.7. The zero-order valence-electron chi connectivity index (χ0n) is 26.8. The standard InChI is InChI=1S/C34H35ClF3N7O2S/c1-4-44(25-8-11-45(17(25)2)18(3)46)32-21-12-23(35)27(20-6-7-24(37)30-26(20)22(14-39)31(40)48-30)28(38)29(21)41-33(42-32)47-16-34-9-5-10-43(34)15-19(36)13-34/h6-7,12,17,19,25H,4-5,8-11,13,15-16,40H2,1-3H3. The van der Waals surface area contributed by atoms with E-state index in [1.54, 1.807) is 17.9 Å². The Balaban J connectivity index is 1.41. The minimum atomic E-state index is -0.954. The molecule has 2 N–H and O–H groups in total. The number of thiophene rings is 1. The van der Waals surface area contributed by atoms with Crippen LogP contribution in [0.1, 0.15) is 52.0 Å². The topological polar surface area (TPSA) is 112 Å². The first kappa shape index (κ1) is 32.7. The van der Waals surface area contributed by atoms with E-state index in [4.69, 9.17) is 27.1 Å².